The Morgan fingerprint density at radius 1 is 0.750 bits per heavy atom. The van der Waals surface area contributed by atoms with E-state index in [2.05, 4.69) is 40.4 Å². The zero-order valence-electron chi connectivity index (χ0n) is 2.17. The number of rotatable bonds is 0. The summed E-state index contributed by atoms with van der Waals surface area (Å²) in [6.07, 6.45) is 0. The maximum absolute atomic E-state index is 2.28. The van der Waals surface area contributed by atoms with Gasteiger partial charge in [-0.3, -0.25) is 0 Å². The molecule has 0 saturated heterocycles. The summed E-state index contributed by atoms with van der Waals surface area (Å²) in [5.74, 6) is 0. The molecular formula is H4Ge2I2. The van der Waals surface area contributed by atoms with Crippen molar-refractivity contribution >= 4 is 66.8 Å². The summed E-state index contributed by atoms with van der Waals surface area (Å²) in [5, 5.41) is 0. The maximum atomic E-state index is 2.28. The number of hydrogen-bond acceptors (Lipinski definition) is 0. The van der Waals surface area contributed by atoms with E-state index in [-0.39, 0.29) is 0 Å². The van der Waals surface area contributed by atoms with Gasteiger partial charge in [-0.1, -0.05) is 0 Å². The Kier molecular flexibility index (Phi) is 43.1. The van der Waals surface area contributed by atoms with E-state index >= 15 is 0 Å². The van der Waals surface area contributed by atoms with E-state index in [1.54, 1.807) is 0 Å². The fourth-order valence-electron chi connectivity index (χ4n) is 0. The second kappa shape index (κ2) is 17.7. The van der Waals surface area contributed by atoms with Gasteiger partial charge in [-0.05, 0) is 0 Å². The predicted octanol–water partition coefficient (Wildman–Crippen LogP) is -0.0610. The summed E-state index contributed by atoms with van der Waals surface area (Å²) in [5.41, 5.74) is 0. The molecule has 26 valence electrons. The molecule has 0 N–H and O–H groups in total. The molecule has 0 amide bonds. The second-order valence-corrected chi connectivity index (χ2v) is 0. The predicted molar refractivity (Wildman–Crippen MR) is 45.1 cm³/mol. The first-order valence-electron chi connectivity index (χ1n) is 0.535. The Morgan fingerprint density at radius 2 is 0.750 bits per heavy atom. The van der Waals surface area contributed by atoms with Crippen LogP contribution in [0.1, 0.15) is 0 Å². The molecule has 0 nitrogen and oxygen atoms in total. The Balaban J connectivity index is 0. The van der Waals surface area contributed by atoms with E-state index in [0.717, 1.165) is 0 Å². The standard InChI is InChI=1S/2GeH2I/c2*1-2/h2*1H2. The van der Waals surface area contributed by atoms with Crippen molar-refractivity contribution in [3.63, 3.8) is 0 Å². The van der Waals surface area contributed by atoms with Gasteiger partial charge in [0.1, 0.15) is 0 Å². The summed E-state index contributed by atoms with van der Waals surface area (Å²) < 4.78 is 0. The van der Waals surface area contributed by atoms with Crippen molar-refractivity contribution in [3.05, 3.63) is 0 Å². The molecule has 2 radical (unpaired) electrons. The van der Waals surface area contributed by atoms with Crippen LogP contribution in [0.15, 0.2) is 0 Å². The number of hydrogen-bond donors (Lipinski definition) is 0. The molecule has 0 aromatic carbocycles. The van der Waals surface area contributed by atoms with Gasteiger partial charge in [-0.2, -0.15) is 0 Å². The first kappa shape index (κ1) is 9.74. The van der Waals surface area contributed by atoms with Gasteiger partial charge < -0.3 is 0 Å². The molecule has 0 aliphatic heterocycles. The van der Waals surface area contributed by atoms with Crippen LogP contribution in [0.2, 0.25) is 0 Å². The minimum absolute atomic E-state index is 1.34. The van der Waals surface area contributed by atoms with Gasteiger partial charge >= 0.3 is 66.8 Å². The average molecular weight is 403 g/mol. The number of halogens is 2. The molecule has 0 aliphatic carbocycles. The van der Waals surface area contributed by atoms with Crippen LogP contribution in [0.3, 0.4) is 0 Å². The van der Waals surface area contributed by atoms with E-state index in [9.17, 15) is 0 Å². The monoisotopic (exact) mass is 406 g/mol. The molecule has 0 bridgehead atoms. The molecule has 0 aliphatic rings. The van der Waals surface area contributed by atoms with Gasteiger partial charge in [-0.25, -0.2) is 0 Å². The fraction of sp³-hybridized carbons (Fsp3) is 0. The summed E-state index contributed by atoms with van der Waals surface area (Å²) in [6, 6.07) is 0. The third-order valence-electron chi connectivity index (χ3n) is 0. The summed E-state index contributed by atoms with van der Waals surface area (Å²) in [4.78, 5) is 0. The molecule has 0 saturated carbocycles. The molecule has 0 spiro atoms. The minimum atomic E-state index is 1.34. The van der Waals surface area contributed by atoms with Gasteiger partial charge in [0.05, 0.1) is 0 Å². The molecule has 0 unspecified atom stereocenters. The van der Waals surface area contributed by atoms with Crippen LogP contribution < -0.4 is 0 Å². The van der Waals surface area contributed by atoms with Crippen molar-refractivity contribution in [3.8, 4) is 0 Å². The first-order chi connectivity index (χ1) is 2.00. The van der Waals surface area contributed by atoms with Gasteiger partial charge in [-0.15, -0.1) is 0 Å². The Morgan fingerprint density at radius 3 is 0.750 bits per heavy atom. The van der Waals surface area contributed by atoms with Crippen molar-refractivity contribution in [1.82, 2.24) is 0 Å². The molecule has 0 aromatic heterocycles. The quantitative estimate of drug-likeness (QED) is 0.393. The van der Waals surface area contributed by atoms with Crippen LogP contribution >= 0.6 is 40.4 Å². The molecule has 0 fully saturated rings. The molecule has 4 heteroatoms. The fourth-order valence-corrected chi connectivity index (χ4v) is 0. The second-order valence-electron chi connectivity index (χ2n) is 0. The van der Waals surface area contributed by atoms with Crippen molar-refractivity contribution in [2.45, 2.75) is 0 Å². The average Bonchev–Trinajstić information content (AvgIpc) is 1.50. The van der Waals surface area contributed by atoms with Crippen LogP contribution in [0, 0.1) is 0 Å². The summed E-state index contributed by atoms with van der Waals surface area (Å²) in [7, 11) is 0. The van der Waals surface area contributed by atoms with Crippen molar-refractivity contribution < 1.29 is 0 Å². The van der Waals surface area contributed by atoms with Crippen molar-refractivity contribution in [2.24, 2.45) is 0 Å². The van der Waals surface area contributed by atoms with E-state index in [0.29, 0.717) is 0 Å². The molecule has 0 heterocycles. The third-order valence-corrected chi connectivity index (χ3v) is 0. The summed E-state index contributed by atoms with van der Waals surface area (Å²) in [6.45, 7) is 0. The van der Waals surface area contributed by atoms with E-state index in [1.807, 2.05) is 0 Å². The topological polar surface area (TPSA) is 0 Å². The van der Waals surface area contributed by atoms with Crippen molar-refractivity contribution in [2.75, 3.05) is 0 Å². The third kappa shape index (κ3) is 8.82. The molecule has 0 rings (SSSR count). The normalized spacial score (nSPS) is 3.00. The summed E-state index contributed by atoms with van der Waals surface area (Å²) >= 11 is 7.24. The van der Waals surface area contributed by atoms with E-state index in [4.69, 9.17) is 0 Å². The SMILES string of the molecule is [GeH2][I].[GeH2][I]. The van der Waals surface area contributed by atoms with Crippen LogP contribution in [0.5, 0.6) is 0 Å². The Labute approximate surface area is 65.5 Å². The van der Waals surface area contributed by atoms with Crippen LogP contribution in [-0.2, 0) is 0 Å². The van der Waals surface area contributed by atoms with Gasteiger partial charge in [0, 0.05) is 0 Å². The van der Waals surface area contributed by atoms with Gasteiger partial charge in [0.2, 0.25) is 0 Å². The van der Waals surface area contributed by atoms with E-state index in [1.165, 1.54) is 26.4 Å². The molecule has 0 aromatic rings. The Hall–Kier alpha value is 2.55. The van der Waals surface area contributed by atoms with Crippen LogP contribution in [-0.4, -0.2) is 26.4 Å². The zero-order chi connectivity index (χ0) is 4.00. The van der Waals surface area contributed by atoms with Crippen LogP contribution in [0.4, 0.5) is 0 Å². The molecule has 4 heavy (non-hydrogen) atoms. The van der Waals surface area contributed by atoms with E-state index < -0.39 is 0 Å². The first-order valence-corrected chi connectivity index (χ1v) is 18.6. The van der Waals surface area contributed by atoms with Crippen molar-refractivity contribution in [1.29, 1.82) is 0 Å². The van der Waals surface area contributed by atoms with Crippen LogP contribution in [0.25, 0.3) is 0 Å². The zero-order valence-corrected chi connectivity index (χ0v) is 12.4. The molecular weight excluding hydrogens is 399 g/mol. The Bertz CT molecular complexity index is 4.00. The van der Waals surface area contributed by atoms with Gasteiger partial charge in [0.15, 0.2) is 0 Å². The van der Waals surface area contributed by atoms with Gasteiger partial charge in [0.25, 0.3) is 0 Å². The molecule has 0 atom stereocenters.